The van der Waals surface area contributed by atoms with Crippen LogP contribution in [-0.2, 0) is 18.3 Å². The fourth-order valence-electron chi connectivity index (χ4n) is 2.10. The van der Waals surface area contributed by atoms with Crippen molar-refractivity contribution in [2.24, 2.45) is 7.05 Å². The highest BCUT2D eigenvalue weighted by molar-refractivity contribution is 5.98. The molecule has 0 atom stereocenters. The molecule has 2 amide bonds. The van der Waals surface area contributed by atoms with Crippen molar-refractivity contribution < 1.29 is 9.59 Å². The van der Waals surface area contributed by atoms with E-state index in [9.17, 15) is 9.59 Å². The number of nitrogens with zero attached hydrogens (tertiary/aromatic N) is 2. The maximum Gasteiger partial charge on any atom is 0.269 e. The van der Waals surface area contributed by atoms with Crippen molar-refractivity contribution in [3.63, 3.8) is 0 Å². The molecule has 0 aliphatic carbocycles. The monoisotopic (exact) mass is 300 g/mol. The molecule has 2 rings (SSSR count). The van der Waals surface area contributed by atoms with E-state index in [-0.39, 0.29) is 18.4 Å². The molecule has 6 nitrogen and oxygen atoms in total. The molecule has 0 saturated carbocycles. The highest BCUT2D eigenvalue weighted by atomic mass is 16.2. The summed E-state index contributed by atoms with van der Waals surface area (Å²) in [7, 11) is 1.69. The Morgan fingerprint density at radius 1 is 1.23 bits per heavy atom. The first-order valence-corrected chi connectivity index (χ1v) is 7.17. The van der Waals surface area contributed by atoms with E-state index in [0.29, 0.717) is 11.4 Å². The summed E-state index contributed by atoms with van der Waals surface area (Å²) in [6.45, 7) is 3.80. The lowest BCUT2D eigenvalue weighted by Crippen LogP contribution is -2.33. The number of aryl methyl sites for hydroxylation is 3. The molecular weight excluding hydrogens is 280 g/mol. The predicted molar refractivity (Wildman–Crippen MR) is 84.7 cm³/mol. The number of hydrogen-bond donors (Lipinski definition) is 2. The number of carbonyl (C=O) groups is 2. The van der Waals surface area contributed by atoms with Crippen LogP contribution in [0.15, 0.2) is 30.3 Å². The van der Waals surface area contributed by atoms with Crippen LogP contribution in [0.3, 0.4) is 0 Å². The minimum absolute atomic E-state index is 0.0847. The average Bonchev–Trinajstić information content (AvgIpc) is 2.84. The van der Waals surface area contributed by atoms with Gasteiger partial charge < -0.3 is 10.6 Å². The van der Waals surface area contributed by atoms with Crippen LogP contribution in [0.5, 0.6) is 0 Å². The minimum atomic E-state index is -0.320. The second kappa shape index (κ2) is 6.89. The van der Waals surface area contributed by atoms with Crippen LogP contribution in [-0.4, -0.2) is 28.1 Å². The number of carbonyl (C=O) groups excluding carboxylic acids is 2. The molecule has 0 unspecified atom stereocenters. The number of nitrogens with one attached hydrogen (secondary N) is 2. The van der Waals surface area contributed by atoms with Gasteiger partial charge in [0.05, 0.1) is 12.2 Å². The van der Waals surface area contributed by atoms with E-state index < -0.39 is 0 Å². The highest BCUT2D eigenvalue weighted by Gasteiger charge is 2.12. The zero-order valence-electron chi connectivity index (χ0n) is 13.0. The summed E-state index contributed by atoms with van der Waals surface area (Å²) in [6.07, 6.45) is 0.953. The number of aromatic nitrogens is 2. The largest absolute Gasteiger partial charge is 0.342 e. The van der Waals surface area contributed by atoms with Crippen molar-refractivity contribution in [1.29, 1.82) is 0 Å². The van der Waals surface area contributed by atoms with Gasteiger partial charge in [0.2, 0.25) is 5.91 Å². The number of benzene rings is 1. The molecule has 0 saturated heterocycles. The lowest BCUT2D eigenvalue weighted by molar-refractivity contribution is -0.115. The zero-order valence-corrected chi connectivity index (χ0v) is 13.0. The first kappa shape index (κ1) is 15.8. The van der Waals surface area contributed by atoms with Gasteiger partial charge in [-0.15, -0.1) is 0 Å². The van der Waals surface area contributed by atoms with Crippen LogP contribution in [0.25, 0.3) is 0 Å². The first-order chi connectivity index (χ1) is 10.5. The third-order valence-corrected chi connectivity index (χ3v) is 3.29. The fraction of sp³-hybridized carbons (Fsp3) is 0.312. The van der Waals surface area contributed by atoms with Gasteiger partial charge >= 0.3 is 0 Å². The summed E-state index contributed by atoms with van der Waals surface area (Å²) in [5.41, 5.74) is 3.11. The summed E-state index contributed by atoms with van der Waals surface area (Å²) in [5.74, 6) is -0.587. The molecule has 1 heterocycles. The van der Waals surface area contributed by atoms with Gasteiger partial charge in [0, 0.05) is 12.7 Å². The maximum absolute atomic E-state index is 12.0. The average molecular weight is 300 g/mol. The molecule has 2 aromatic rings. The van der Waals surface area contributed by atoms with E-state index in [4.69, 9.17) is 0 Å². The Balaban J connectivity index is 1.87. The Hall–Kier alpha value is -2.63. The third kappa shape index (κ3) is 3.94. The van der Waals surface area contributed by atoms with Crippen molar-refractivity contribution in [3.05, 3.63) is 47.3 Å². The lowest BCUT2D eigenvalue weighted by atomic mass is 10.1. The summed E-state index contributed by atoms with van der Waals surface area (Å²) in [5, 5.41) is 9.43. The van der Waals surface area contributed by atoms with Gasteiger partial charge in [-0.3, -0.25) is 14.3 Å². The molecule has 1 aromatic heterocycles. The van der Waals surface area contributed by atoms with E-state index in [1.54, 1.807) is 13.1 Å². The van der Waals surface area contributed by atoms with Crippen LogP contribution in [0.2, 0.25) is 0 Å². The molecule has 0 fully saturated rings. The Morgan fingerprint density at radius 2 is 1.91 bits per heavy atom. The second-order valence-electron chi connectivity index (χ2n) is 5.08. The Morgan fingerprint density at radius 3 is 2.45 bits per heavy atom. The number of hydrogen-bond acceptors (Lipinski definition) is 3. The van der Waals surface area contributed by atoms with Gasteiger partial charge in [-0.1, -0.05) is 19.1 Å². The van der Waals surface area contributed by atoms with E-state index in [1.807, 2.05) is 31.2 Å². The quantitative estimate of drug-likeness (QED) is 0.881. The molecule has 0 aliphatic heterocycles. The molecule has 2 N–H and O–H groups in total. The van der Waals surface area contributed by atoms with E-state index in [0.717, 1.165) is 12.1 Å². The summed E-state index contributed by atoms with van der Waals surface area (Å²) in [6, 6.07) is 9.31. The number of rotatable bonds is 5. The topological polar surface area (TPSA) is 76.0 Å². The summed E-state index contributed by atoms with van der Waals surface area (Å²) >= 11 is 0. The Kier molecular flexibility index (Phi) is 4.93. The predicted octanol–water partition coefficient (Wildman–Crippen LogP) is 1.66. The molecule has 22 heavy (non-hydrogen) atoms. The Bertz CT molecular complexity index is 674. The van der Waals surface area contributed by atoms with Gasteiger partial charge in [-0.25, -0.2) is 0 Å². The molecule has 0 radical (unpaired) electrons. The third-order valence-electron chi connectivity index (χ3n) is 3.29. The van der Waals surface area contributed by atoms with Crippen LogP contribution in [0.1, 0.15) is 28.7 Å². The minimum Gasteiger partial charge on any atom is -0.342 e. The summed E-state index contributed by atoms with van der Waals surface area (Å²) < 4.78 is 1.49. The maximum atomic E-state index is 12.0. The number of anilines is 1. The van der Waals surface area contributed by atoms with Gasteiger partial charge in [0.1, 0.15) is 5.69 Å². The molecule has 116 valence electrons. The summed E-state index contributed by atoms with van der Waals surface area (Å²) in [4.78, 5) is 23.8. The van der Waals surface area contributed by atoms with Gasteiger partial charge in [0.15, 0.2) is 0 Å². The standard InChI is InChI=1S/C16H20N4O2/c1-4-12-5-7-13(8-6-12)18-15(21)10-17-16(22)14-9-11(2)19-20(14)3/h5-9H,4,10H2,1-3H3,(H,17,22)(H,18,21). The van der Waals surface area contributed by atoms with Crippen molar-refractivity contribution in [3.8, 4) is 0 Å². The lowest BCUT2D eigenvalue weighted by Gasteiger charge is -2.07. The van der Waals surface area contributed by atoms with Crippen LogP contribution in [0.4, 0.5) is 5.69 Å². The molecule has 1 aromatic carbocycles. The SMILES string of the molecule is CCc1ccc(NC(=O)CNC(=O)c2cc(C)nn2C)cc1. The first-order valence-electron chi connectivity index (χ1n) is 7.17. The van der Waals surface area contributed by atoms with Crippen molar-refractivity contribution in [2.45, 2.75) is 20.3 Å². The molecule has 6 heteroatoms. The van der Waals surface area contributed by atoms with Crippen LogP contribution in [0, 0.1) is 6.92 Å². The van der Waals surface area contributed by atoms with Gasteiger partial charge in [-0.2, -0.15) is 5.10 Å². The van der Waals surface area contributed by atoms with Gasteiger partial charge in [-0.05, 0) is 37.1 Å². The molecule has 0 aliphatic rings. The van der Waals surface area contributed by atoms with E-state index >= 15 is 0 Å². The molecule has 0 bridgehead atoms. The normalized spacial score (nSPS) is 10.3. The van der Waals surface area contributed by atoms with Crippen molar-refractivity contribution in [1.82, 2.24) is 15.1 Å². The zero-order chi connectivity index (χ0) is 16.1. The second-order valence-corrected chi connectivity index (χ2v) is 5.08. The van der Waals surface area contributed by atoms with E-state index in [2.05, 4.69) is 22.7 Å². The van der Waals surface area contributed by atoms with Crippen LogP contribution < -0.4 is 10.6 Å². The van der Waals surface area contributed by atoms with Crippen LogP contribution >= 0.6 is 0 Å². The smallest absolute Gasteiger partial charge is 0.269 e. The highest BCUT2D eigenvalue weighted by Crippen LogP contribution is 2.09. The van der Waals surface area contributed by atoms with Gasteiger partial charge in [0.25, 0.3) is 5.91 Å². The number of amides is 2. The van der Waals surface area contributed by atoms with Crippen molar-refractivity contribution in [2.75, 3.05) is 11.9 Å². The van der Waals surface area contributed by atoms with Crippen molar-refractivity contribution >= 4 is 17.5 Å². The molecule has 0 spiro atoms. The fourth-order valence-corrected chi connectivity index (χ4v) is 2.10. The molecular formula is C16H20N4O2. The van der Waals surface area contributed by atoms with E-state index in [1.165, 1.54) is 10.2 Å². The Labute approximate surface area is 129 Å².